The van der Waals surface area contributed by atoms with Crippen molar-refractivity contribution < 1.29 is 0 Å². The second kappa shape index (κ2) is 5.13. The molecule has 2 heterocycles. The summed E-state index contributed by atoms with van der Waals surface area (Å²) < 4.78 is 0.268. The molecule has 1 aliphatic heterocycles. The van der Waals surface area contributed by atoms with Gasteiger partial charge in [-0.2, -0.15) is 16.7 Å². The molecule has 5 heteroatoms. The molecule has 0 amide bonds. The van der Waals surface area contributed by atoms with Crippen LogP contribution < -0.4 is 10.2 Å². The highest BCUT2D eigenvalue weighted by molar-refractivity contribution is 8.00. The highest BCUT2D eigenvalue weighted by Crippen LogP contribution is 2.34. The van der Waals surface area contributed by atoms with Crippen LogP contribution in [0.2, 0.25) is 0 Å². The molecule has 0 spiro atoms. The van der Waals surface area contributed by atoms with Crippen molar-refractivity contribution >= 4 is 34.4 Å². The number of benzene rings is 1. The van der Waals surface area contributed by atoms with Crippen LogP contribution in [-0.4, -0.2) is 40.6 Å². The second-order valence-electron chi connectivity index (χ2n) is 5.67. The fourth-order valence-electron chi connectivity index (χ4n) is 2.61. The Hall–Kier alpha value is -1.49. The number of nitrogens with one attached hydrogen (secondary N) is 1. The van der Waals surface area contributed by atoms with Crippen LogP contribution in [0.1, 0.15) is 13.8 Å². The summed E-state index contributed by atoms with van der Waals surface area (Å²) in [5.41, 5.74) is 0.998. The summed E-state index contributed by atoms with van der Waals surface area (Å²) in [5.74, 6) is 2.88. The lowest BCUT2D eigenvalue weighted by Crippen LogP contribution is -2.43. The van der Waals surface area contributed by atoms with E-state index in [-0.39, 0.29) is 4.75 Å². The van der Waals surface area contributed by atoms with Gasteiger partial charge in [0.15, 0.2) is 0 Å². The monoisotopic (exact) mass is 288 g/mol. The molecule has 0 unspecified atom stereocenters. The van der Waals surface area contributed by atoms with Gasteiger partial charge in [-0.15, -0.1) is 0 Å². The van der Waals surface area contributed by atoms with Gasteiger partial charge in [0.2, 0.25) is 5.95 Å². The normalized spacial score (nSPS) is 18.2. The third-order valence-electron chi connectivity index (χ3n) is 3.53. The van der Waals surface area contributed by atoms with Gasteiger partial charge in [0.1, 0.15) is 5.82 Å². The average molecular weight is 288 g/mol. The van der Waals surface area contributed by atoms with Gasteiger partial charge in [-0.05, 0) is 26.0 Å². The minimum atomic E-state index is 0.268. The van der Waals surface area contributed by atoms with Crippen LogP contribution in [0.4, 0.5) is 11.8 Å². The predicted octanol–water partition coefficient (Wildman–Crippen LogP) is 3.00. The molecule has 0 saturated carbocycles. The minimum Gasteiger partial charge on any atom is -0.357 e. The molecular weight excluding hydrogens is 268 g/mol. The predicted molar refractivity (Wildman–Crippen MR) is 87.8 cm³/mol. The van der Waals surface area contributed by atoms with E-state index in [1.165, 1.54) is 0 Å². The lowest BCUT2D eigenvalue weighted by atomic mass is 10.1. The molecule has 1 N–H and O–H groups in total. The molecule has 4 nitrogen and oxygen atoms in total. The van der Waals surface area contributed by atoms with Crippen molar-refractivity contribution in [3.63, 3.8) is 0 Å². The maximum atomic E-state index is 4.70. The van der Waals surface area contributed by atoms with Gasteiger partial charge < -0.3 is 10.2 Å². The number of rotatable bonds is 2. The summed E-state index contributed by atoms with van der Waals surface area (Å²) >= 11 is 2.03. The van der Waals surface area contributed by atoms with E-state index in [0.717, 1.165) is 35.6 Å². The van der Waals surface area contributed by atoms with Crippen LogP contribution in [0, 0.1) is 0 Å². The SMILES string of the molecule is CNc1nc(N2CCSC(C)(C)C2)c2ccccc2n1. The zero-order chi connectivity index (χ0) is 14.2. The van der Waals surface area contributed by atoms with Gasteiger partial charge in [0, 0.05) is 36.0 Å². The van der Waals surface area contributed by atoms with E-state index >= 15 is 0 Å². The number of anilines is 2. The number of fused-ring (bicyclic) bond motifs is 1. The first-order chi connectivity index (χ1) is 9.59. The van der Waals surface area contributed by atoms with Crippen LogP contribution in [0.15, 0.2) is 24.3 Å². The van der Waals surface area contributed by atoms with Crippen LogP contribution in [0.5, 0.6) is 0 Å². The Balaban J connectivity index is 2.09. The first-order valence-corrected chi connectivity index (χ1v) is 7.91. The number of thioether (sulfide) groups is 1. The standard InChI is InChI=1S/C15H20N4S/c1-15(2)10-19(8-9-20-15)13-11-6-4-5-7-12(11)17-14(16-3)18-13/h4-7H,8-10H2,1-3H3,(H,16,17,18). The van der Waals surface area contributed by atoms with E-state index in [9.17, 15) is 0 Å². The number of para-hydroxylation sites is 1. The van der Waals surface area contributed by atoms with Crippen molar-refractivity contribution in [2.45, 2.75) is 18.6 Å². The lowest BCUT2D eigenvalue weighted by molar-refractivity contribution is 0.644. The molecule has 1 saturated heterocycles. The van der Waals surface area contributed by atoms with Crippen LogP contribution in [0.3, 0.4) is 0 Å². The smallest absolute Gasteiger partial charge is 0.224 e. The molecule has 106 valence electrons. The fourth-order valence-corrected chi connectivity index (χ4v) is 3.72. The van der Waals surface area contributed by atoms with Crippen LogP contribution in [-0.2, 0) is 0 Å². The van der Waals surface area contributed by atoms with E-state index in [1.807, 2.05) is 30.9 Å². The summed E-state index contributed by atoms with van der Waals surface area (Å²) in [6.45, 7) is 6.65. The molecule has 0 bridgehead atoms. The van der Waals surface area contributed by atoms with Crippen LogP contribution >= 0.6 is 11.8 Å². The van der Waals surface area contributed by atoms with E-state index in [4.69, 9.17) is 4.98 Å². The van der Waals surface area contributed by atoms with Crippen LogP contribution in [0.25, 0.3) is 10.9 Å². The Morgan fingerprint density at radius 3 is 2.80 bits per heavy atom. The Labute approximate surface area is 124 Å². The fraction of sp³-hybridized carbons (Fsp3) is 0.467. The van der Waals surface area contributed by atoms with Gasteiger partial charge in [-0.1, -0.05) is 12.1 Å². The Morgan fingerprint density at radius 1 is 1.25 bits per heavy atom. The summed E-state index contributed by atoms with van der Waals surface area (Å²) in [6, 6.07) is 8.23. The molecule has 0 atom stereocenters. The molecule has 20 heavy (non-hydrogen) atoms. The number of nitrogens with zero attached hydrogens (tertiary/aromatic N) is 3. The molecule has 1 aromatic carbocycles. The molecule has 0 aliphatic carbocycles. The van der Waals surface area contributed by atoms with E-state index in [1.54, 1.807) is 0 Å². The topological polar surface area (TPSA) is 41.1 Å². The molecule has 1 aliphatic rings. The number of aromatic nitrogens is 2. The number of hydrogen-bond acceptors (Lipinski definition) is 5. The van der Waals surface area contributed by atoms with E-state index < -0.39 is 0 Å². The molecule has 2 aromatic rings. The summed E-state index contributed by atoms with van der Waals surface area (Å²) in [6.07, 6.45) is 0. The zero-order valence-corrected chi connectivity index (χ0v) is 13.0. The maximum absolute atomic E-state index is 4.70. The van der Waals surface area contributed by atoms with Gasteiger partial charge >= 0.3 is 0 Å². The summed E-state index contributed by atoms with van der Waals surface area (Å²) in [7, 11) is 1.86. The van der Waals surface area contributed by atoms with Crippen molar-refractivity contribution in [3.8, 4) is 0 Å². The van der Waals surface area contributed by atoms with Crippen molar-refractivity contribution in [1.82, 2.24) is 9.97 Å². The lowest BCUT2D eigenvalue weighted by Gasteiger charge is -2.38. The van der Waals surface area contributed by atoms with Crippen molar-refractivity contribution in [2.75, 3.05) is 36.1 Å². The van der Waals surface area contributed by atoms with Gasteiger partial charge in [-0.3, -0.25) is 0 Å². The highest BCUT2D eigenvalue weighted by Gasteiger charge is 2.28. The Bertz CT molecular complexity index is 626. The first kappa shape index (κ1) is 13.5. The van der Waals surface area contributed by atoms with E-state index in [2.05, 4.69) is 41.2 Å². The highest BCUT2D eigenvalue weighted by atomic mass is 32.2. The molecule has 1 fully saturated rings. The number of hydrogen-bond donors (Lipinski definition) is 1. The largest absolute Gasteiger partial charge is 0.357 e. The van der Waals surface area contributed by atoms with Crippen molar-refractivity contribution in [3.05, 3.63) is 24.3 Å². The summed E-state index contributed by atoms with van der Waals surface area (Å²) in [4.78, 5) is 11.6. The molecular formula is C15H20N4S. The van der Waals surface area contributed by atoms with E-state index in [0.29, 0.717) is 5.95 Å². The molecule has 3 rings (SSSR count). The molecule has 1 aromatic heterocycles. The average Bonchev–Trinajstić information content (AvgIpc) is 2.45. The van der Waals surface area contributed by atoms with Gasteiger partial charge in [0.25, 0.3) is 0 Å². The Morgan fingerprint density at radius 2 is 2.05 bits per heavy atom. The van der Waals surface area contributed by atoms with Crippen molar-refractivity contribution in [2.24, 2.45) is 0 Å². The van der Waals surface area contributed by atoms with Gasteiger partial charge in [-0.25, -0.2) is 4.98 Å². The minimum absolute atomic E-state index is 0.268. The third kappa shape index (κ3) is 2.54. The second-order valence-corrected chi connectivity index (χ2v) is 7.47. The zero-order valence-electron chi connectivity index (χ0n) is 12.2. The van der Waals surface area contributed by atoms with Gasteiger partial charge in [0.05, 0.1) is 5.52 Å². The molecule has 0 radical (unpaired) electrons. The maximum Gasteiger partial charge on any atom is 0.224 e. The third-order valence-corrected chi connectivity index (χ3v) is 4.83. The van der Waals surface area contributed by atoms with Crippen molar-refractivity contribution in [1.29, 1.82) is 0 Å². The Kier molecular flexibility index (Phi) is 3.46. The first-order valence-electron chi connectivity index (χ1n) is 6.92. The quantitative estimate of drug-likeness (QED) is 0.920. The summed E-state index contributed by atoms with van der Waals surface area (Å²) in [5, 5.41) is 4.20.